The SMILES string of the molecule is Cc1ccc2oc(C(O)C3CCCC3C)cc2c1. The Morgan fingerprint density at radius 2 is 2.11 bits per heavy atom. The zero-order chi connectivity index (χ0) is 12.7. The second-order valence-corrected chi connectivity index (χ2v) is 5.71. The summed E-state index contributed by atoms with van der Waals surface area (Å²) in [6.45, 7) is 4.30. The molecule has 0 spiro atoms. The summed E-state index contributed by atoms with van der Waals surface area (Å²) < 4.78 is 5.80. The van der Waals surface area contributed by atoms with Gasteiger partial charge in [0.25, 0.3) is 0 Å². The van der Waals surface area contributed by atoms with Crippen LogP contribution in [0.25, 0.3) is 11.0 Å². The molecule has 1 heterocycles. The minimum absolute atomic E-state index is 0.353. The fourth-order valence-electron chi connectivity index (χ4n) is 3.18. The van der Waals surface area contributed by atoms with E-state index < -0.39 is 6.10 Å². The molecular formula is C16H20O2. The fraction of sp³-hybridized carbons (Fsp3) is 0.500. The van der Waals surface area contributed by atoms with Crippen LogP contribution in [0.15, 0.2) is 28.7 Å². The molecule has 0 amide bonds. The van der Waals surface area contributed by atoms with Crippen molar-refractivity contribution in [2.45, 2.75) is 39.2 Å². The van der Waals surface area contributed by atoms with Crippen molar-refractivity contribution in [3.05, 3.63) is 35.6 Å². The monoisotopic (exact) mass is 244 g/mol. The Balaban J connectivity index is 1.93. The standard InChI is InChI=1S/C16H20O2/c1-10-6-7-14-12(8-10)9-15(18-14)16(17)13-5-3-4-11(13)2/h6-9,11,13,16-17H,3-5H2,1-2H3. The molecule has 2 heteroatoms. The van der Waals surface area contributed by atoms with Crippen molar-refractivity contribution in [2.24, 2.45) is 11.8 Å². The number of aryl methyl sites for hydroxylation is 1. The van der Waals surface area contributed by atoms with Crippen molar-refractivity contribution in [3.63, 3.8) is 0 Å². The topological polar surface area (TPSA) is 33.4 Å². The Morgan fingerprint density at radius 3 is 2.83 bits per heavy atom. The van der Waals surface area contributed by atoms with Crippen molar-refractivity contribution < 1.29 is 9.52 Å². The Morgan fingerprint density at radius 1 is 1.28 bits per heavy atom. The molecule has 18 heavy (non-hydrogen) atoms. The highest BCUT2D eigenvalue weighted by Crippen LogP contribution is 2.41. The molecule has 1 N–H and O–H groups in total. The molecule has 0 aliphatic heterocycles. The van der Waals surface area contributed by atoms with E-state index >= 15 is 0 Å². The number of hydrogen-bond acceptors (Lipinski definition) is 2. The molecule has 3 rings (SSSR count). The van der Waals surface area contributed by atoms with Crippen LogP contribution in [0.1, 0.15) is 43.6 Å². The average molecular weight is 244 g/mol. The highest BCUT2D eigenvalue weighted by molar-refractivity contribution is 5.78. The minimum Gasteiger partial charge on any atom is -0.458 e. The molecule has 1 saturated carbocycles. The molecule has 0 saturated heterocycles. The van der Waals surface area contributed by atoms with Crippen molar-refractivity contribution in [1.29, 1.82) is 0 Å². The first-order valence-corrected chi connectivity index (χ1v) is 6.83. The van der Waals surface area contributed by atoms with Crippen LogP contribution in [0.5, 0.6) is 0 Å². The number of benzene rings is 1. The zero-order valence-corrected chi connectivity index (χ0v) is 11.0. The van der Waals surface area contributed by atoms with Crippen molar-refractivity contribution >= 4 is 11.0 Å². The summed E-state index contributed by atoms with van der Waals surface area (Å²) in [5.41, 5.74) is 2.10. The summed E-state index contributed by atoms with van der Waals surface area (Å²) >= 11 is 0. The van der Waals surface area contributed by atoms with Gasteiger partial charge in [0.15, 0.2) is 0 Å². The lowest BCUT2D eigenvalue weighted by Crippen LogP contribution is -2.14. The molecule has 1 aliphatic rings. The van der Waals surface area contributed by atoms with E-state index in [9.17, 15) is 5.11 Å². The van der Waals surface area contributed by atoms with Crippen molar-refractivity contribution in [3.8, 4) is 0 Å². The maximum absolute atomic E-state index is 10.5. The Bertz CT molecular complexity index is 555. The predicted octanol–water partition coefficient (Wildman–Crippen LogP) is 4.21. The van der Waals surface area contributed by atoms with Crippen molar-refractivity contribution in [2.75, 3.05) is 0 Å². The molecule has 2 aromatic rings. The van der Waals surface area contributed by atoms with Crippen LogP contribution in [-0.2, 0) is 0 Å². The minimum atomic E-state index is -0.449. The van der Waals surface area contributed by atoms with Gasteiger partial charge >= 0.3 is 0 Å². The first-order valence-electron chi connectivity index (χ1n) is 6.83. The number of hydrogen-bond donors (Lipinski definition) is 1. The number of aliphatic hydroxyl groups excluding tert-OH is 1. The normalized spacial score (nSPS) is 25.7. The number of aliphatic hydroxyl groups is 1. The molecule has 3 atom stereocenters. The zero-order valence-electron chi connectivity index (χ0n) is 11.0. The lowest BCUT2D eigenvalue weighted by Gasteiger charge is -2.20. The quantitative estimate of drug-likeness (QED) is 0.858. The first-order chi connectivity index (χ1) is 8.65. The fourth-order valence-corrected chi connectivity index (χ4v) is 3.18. The lowest BCUT2D eigenvalue weighted by molar-refractivity contribution is 0.0711. The van der Waals surface area contributed by atoms with Gasteiger partial charge in [-0.2, -0.15) is 0 Å². The molecule has 0 radical (unpaired) electrons. The smallest absolute Gasteiger partial charge is 0.134 e. The average Bonchev–Trinajstić information content (AvgIpc) is 2.93. The van der Waals surface area contributed by atoms with Crippen LogP contribution in [-0.4, -0.2) is 5.11 Å². The summed E-state index contributed by atoms with van der Waals surface area (Å²) in [6, 6.07) is 8.13. The van der Waals surface area contributed by atoms with Gasteiger partial charge < -0.3 is 9.52 Å². The highest BCUT2D eigenvalue weighted by atomic mass is 16.4. The Labute approximate surface area is 108 Å². The van der Waals surface area contributed by atoms with E-state index in [0.717, 1.165) is 23.2 Å². The number of furan rings is 1. The van der Waals surface area contributed by atoms with Crippen LogP contribution in [0.2, 0.25) is 0 Å². The molecule has 1 aromatic carbocycles. The molecule has 96 valence electrons. The van der Waals surface area contributed by atoms with Gasteiger partial charge in [-0.05, 0) is 43.4 Å². The second kappa shape index (κ2) is 4.43. The maximum Gasteiger partial charge on any atom is 0.134 e. The summed E-state index contributed by atoms with van der Waals surface area (Å²) in [5, 5.41) is 11.6. The third-order valence-corrected chi connectivity index (χ3v) is 4.32. The van der Waals surface area contributed by atoms with E-state index in [1.54, 1.807) is 0 Å². The first kappa shape index (κ1) is 11.8. The Hall–Kier alpha value is -1.28. The third-order valence-electron chi connectivity index (χ3n) is 4.32. The summed E-state index contributed by atoms with van der Waals surface area (Å²) in [6.07, 6.45) is 3.11. The van der Waals surface area contributed by atoms with Crippen LogP contribution in [0.3, 0.4) is 0 Å². The van der Waals surface area contributed by atoms with Gasteiger partial charge in [-0.15, -0.1) is 0 Å². The maximum atomic E-state index is 10.5. The van der Waals surface area contributed by atoms with Crippen LogP contribution < -0.4 is 0 Å². The predicted molar refractivity (Wildman–Crippen MR) is 72.4 cm³/mol. The highest BCUT2D eigenvalue weighted by Gasteiger charge is 2.32. The van der Waals surface area contributed by atoms with E-state index in [-0.39, 0.29) is 0 Å². The van der Waals surface area contributed by atoms with Gasteiger partial charge in [0.2, 0.25) is 0 Å². The molecule has 1 aliphatic carbocycles. The summed E-state index contributed by atoms with van der Waals surface area (Å²) in [4.78, 5) is 0. The lowest BCUT2D eigenvalue weighted by atomic mass is 9.91. The molecular weight excluding hydrogens is 224 g/mol. The van der Waals surface area contributed by atoms with E-state index in [1.165, 1.54) is 18.4 Å². The van der Waals surface area contributed by atoms with Gasteiger partial charge in [0.1, 0.15) is 17.4 Å². The van der Waals surface area contributed by atoms with Gasteiger partial charge in [0.05, 0.1) is 0 Å². The van der Waals surface area contributed by atoms with Crippen LogP contribution in [0, 0.1) is 18.8 Å². The summed E-state index contributed by atoms with van der Waals surface area (Å²) in [7, 11) is 0. The largest absolute Gasteiger partial charge is 0.458 e. The number of fused-ring (bicyclic) bond motifs is 1. The summed E-state index contributed by atoms with van der Waals surface area (Å²) in [5.74, 6) is 1.68. The molecule has 0 bridgehead atoms. The molecule has 3 unspecified atom stereocenters. The van der Waals surface area contributed by atoms with E-state index in [0.29, 0.717) is 11.8 Å². The molecule has 2 nitrogen and oxygen atoms in total. The van der Waals surface area contributed by atoms with Crippen LogP contribution >= 0.6 is 0 Å². The Kier molecular flexibility index (Phi) is 2.90. The van der Waals surface area contributed by atoms with Gasteiger partial charge in [-0.1, -0.05) is 31.4 Å². The van der Waals surface area contributed by atoms with Gasteiger partial charge in [-0.25, -0.2) is 0 Å². The van der Waals surface area contributed by atoms with E-state index in [2.05, 4.69) is 19.9 Å². The third kappa shape index (κ3) is 1.95. The van der Waals surface area contributed by atoms with E-state index in [1.807, 2.05) is 18.2 Å². The van der Waals surface area contributed by atoms with Crippen LogP contribution in [0.4, 0.5) is 0 Å². The van der Waals surface area contributed by atoms with Crippen molar-refractivity contribution in [1.82, 2.24) is 0 Å². The molecule has 1 fully saturated rings. The van der Waals surface area contributed by atoms with Gasteiger partial charge in [-0.3, -0.25) is 0 Å². The second-order valence-electron chi connectivity index (χ2n) is 5.71. The van der Waals surface area contributed by atoms with E-state index in [4.69, 9.17) is 4.42 Å². The number of rotatable bonds is 2. The molecule has 1 aromatic heterocycles. The van der Waals surface area contributed by atoms with Gasteiger partial charge in [0, 0.05) is 5.39 Å².